The summed E-state index contributed by atoms with van der Waals surface area (Å²) in [6.07, 6.45) is 1.43. The first-order valence-electron chi connectivity index (χ1n) is 7.06. The van der Waals surface area contributed by atoms with Gasteiger partial charge in [-0.3, -0.25) is 4.79 Å². The molecule has 5 nitrogen and oxygen atoms in total. The van der Waals surface area contributed by atoms with Crippen LogP contribution in [0.15, 0.2) is 60.3 Å². The molecular formula is C18H18N2O3. The minimum absolute atomic E-state index is 0.169. The van der Waals surface area contributed by atoms with Crippen molar-refractivity contribution in [2.75, 3.05) is 19.0 Å². The molecule has 2 N–H and O–H groups in total. The molecule has 23 heavy (non-hydrogen) atoms. The standard InChI is InChI=1S/C18H18N2O3/c1-20(2)15-10-8-14(9-11-15)17(21)19-16(18(22)23)12-13-6-4-3-5-7-13/h3-12H,1-2H3,(H,19,21)(H,22,23). The van der Waals surface area contributed by atoms with Gasteiger partial charge in [0.15, 0.2) is 0 Å². The van der Waals surface area contributed by atoms with Gasteiger partial charge in [-0.1, -0.05) is 30.3 Å². The fourth-order valence-corrected chi connectivity index (χ4v) is 1.97. The Morgan fingerprint density at radius 3 is 2.13 bits per heavy atom. The van der Waals surface area contributed by atoms with E-state index in [1.54, 1.807) is 48.5 Å². The normalized spacial score (nSPS) is 11.0. The summed E-state index contributed by atoms with van der Waals surface area (Å²) in [5.74, 6) is -1.65. The number of carbonyl (C=O) groups is 2. The van der Waals surface area contributed by atoms with Gasteiger partial charge in [0.1, 0.15) is 5.70 Å². The van der Waals surface area contributed by atoms with Crippen LogP contribution in [-0.2, 0) is 4.79 Å². The molecule has 0 saturated heterocycles. The van der Waals surface area contributed by atoms with Gasteiger partial charge in [0.05, 0.1) is 0 Å². The number of nitrogens with zero attached hydrogens (tertiary/aromatic N) is 1. The Hall–Kier alpha value is -3.08. The van der Waals surface area contributed by atoms with Gasteiger partial charge in [0.25, 0.3) is 5.91 Å². The Balaban J connectivity index is 2.18. The van der Waals surface area contributed by atoms with Crippen LogP contribution in [0, 0.1) is 0 Å². The zero-order valence-electron chi connectivity index (χ0n) is 13.0. The number of benzene rings is 2. The number of hydrogen-bond donors (Lipinski definition) is 2. The van der Waals surface area contributed by atoms with Crippen molar-refractivity contribution in [3.05, 3.63) is 71.4 Å². The molecule has 2 rings (SSSR count). The quantitative estimate of drug-likeness (QED) is 0.833. The molecule has 0 fully saturated rings. The molecule has 0 atom stereocenters. The van der Waals surface area contributed by atoms with Gasteiger partial charge in [0.2, 0.25) is 0 Å². The molecule has 0 spiro atoms. The minimum atomic E-state index is -1.19. The predicted octanol–water partition coefficient (Wildman–Crippen LogP) is 2.61. The molecule has 0 aliphatic heterocycles. The number of anilines is 1. The molecule has 2 aromatic carbocycles. The van der Waals surface area contributed by atoms with Crippen molar-refractivity contribution in [2.45, 2.75) is 0 Å². The van der Waals surface area contributed by atoms with E-state index in [4.69, 9.17) is 0 Å². The van der Waals surface area contributed by atoms with E-state index in [0.717, 1.165) is 5.69 Å². The van der Waals surface area contributed by atoms with Gasteiger partial charge >= 0.3 is 5.97 Å². The lowest BCUT2D eigenvalue weighted by molar-refractivity contribution is -0.132. The summed E-state index contributed by atoms with van der Waals surface area (Å²) in [6.45, 7) is 0. The molecule has 0 aliphatic carbocycles. The van der Waals surface area contributed by atoms with Gasteiger partial charge in [-0.25, -0.2) is 4.79 Å². The van der Waals surface area contributed by atoms with Crippen molar-refractivity contribution in [2.24, 2.45) is 0 Å². The fraction of sp³-hybridized carbons (Fsp3) is 0.111. The van der Waals surface area contributed by atoms with E-state index in [1.165, 1.54) is 6.08 Å². The summed E-state index contributed by atoms with van der Waals surface area (Å²) in [6, 6.07) is 15.9. The zero-order chi connectivity index (χ0) is 16.8. The highest BCUT2D eigenvalue weighted by Crippen LogP contribution is 2.13. The predicted molar refractivity (Wildman–Crippen MR) is 90.3 cm³/mol. The van der Waals surface area contributed by atoms with Crippen molar-refractivity contribution in [3.8, 4) is 0 Å². The number of carbonyl (C=O) groups excluding carboxylic acids is 1. The molecule has 0 radical (unpaired) electrons. The van der Waals surface area contributed by atoms with E-state index in [-0.39, 0.29) is 5.70 Å². The number of carboxylic acid groups (broad SMARTS) is 1. The average Bonchev–Trinajstić information content (AvgIpc) is 2.55. The molecule has 2 aromatic rings. The second-order valence-corrected chi connectivity index (χ2v) is 5.17. The lowest BCUT2D eigenvalue weighted by Crippen LogP contribution is -2.27. The van der Waals surface area contributed by atoms with Crippen LogP contribution in [0.5, 0.6) is 0 Å². The second-order valence-electron chi connectivity index (χ2n) is 5.17. The monoisotopic (exact) mass is 310 g/mol. The zero-order valence-corrected chi connectivity index (χ0v) is 13.0. The molecule has 1 amide bonds. The topological polar surface area (TPSA) is 69.6 Å². The van der Waals surface area contributed by atoms with E-state index in [1.807, 2.05) is 25.1 Å². The number of nitrogens with one attached hydrogen (secondary N) is 1. The van der Waals surface area contributed by atoms with Crippen molar-refractivity contribution < 1.29 is 14.7 Å². The first kappa shape index (κ1) is 16.3. The number of rotatable bonds is 5. The molecule has 5 heteroatoms. The van der Waals surface area contributed by atoms with E-state index in [9.17, 15) is 14.7 Å². The Labute approximate surface area is 134 Å². The van der Waals surface area contributed by atoms with Gasteiger partial charge in [-0.15, -0.1) is 0 Å². The summed E-state index contributed by atoms with van der Waals surface area (Å²) >= 11 is 0. The Morgan fingerprint density at radius 2 is 1.61 bits per heavy atom. The molecule has 0 heterocycles. The van der Waals surface area contributed by atoms with Crippen LogP contribution >= 0.6 is 0 Å². The van der Waals surface area contributed by atoms with Crippen molar-refractivity contribution in [3.63, 3.8) is 0 Å². The lowest BCUT2D eigenvalue weighted by atomic mass is 10.1. The summed E-state index contributed by atoms with van der Waals surface area (Å²) < 4.78 is 0. The van der Waals surface area contributed by atoms with Gasteiger partial charge in [-0.2, -0.15) is 0 Å². The molecule has 0 unspecified atom stereocenters. The smallest absolute Gasteiger partial charge is 0.352 e. The van der Waals surface area contributed by atoms with Crippen LogP contribution in [0.1, 0.15) is 15.9 Å². The summed E-state index contributed by atoms with van der Waals surface area (Å²) in [5.41, 5.74) is 1.89. The van der Waals surface area contributed by atoms with E-state index < -0.39 is 11.9 Å². The fourth-order valence-electron chi connectivity index (χ4n) is 1.97. The number of carboxylic acids is 1. The van der Waals surface area contributed by atoms with Crippen molar-refractivity contribution in [1.29, 1.82) is 0 Å². The largest absolute Gasteiger partial charge is 0.477 e. The SMILES string of the molecule is CN(C)c1ccc(C(=O)NC(=Cc2ccccc2)C(=O)O)cc1. The van der Waals surface area contributed by atoms with Gasteiger partial charge in [0, 0.05) is 25.3 Å². The van der Waals surface area contributed by atoms with E-state index in [0.29, 0.717) is 11.1 Å². The Bertz CT molecular complexity index is 720. The van der Waals surface area contributed by atoms with Crippen LogP contribution in [0.2, 0.25) is 0 Å². The Morgan fingerprint density at radius 1 is 1.00 bits per heavy atom. The van der Waals surface area contributed by atoms with Crippen molar-refractivity contribution >= 4 is 23.6 Å². The minimum Gasteiger partial charge on any atom is -0.477 e. The third-order valence-corrected chi connectivity index (χ3v) is 3.24. The van der Waals surface area contributed by atoms with Crippen LogP contribution in [0.25, 0.3) is 6.08 Å². The van der Waals surface area contributed by atoms with Gasteiger partial charge < -0.3 is 15.3 Å². The van der Waals surface area contributed by atoms with E-state index >= 15 is 0 Å². The molecule has 0 aliphatic rings. The second kappa shape index (κ2) is 7.26. The summed E-state index contributed by atoms with van der Waals surface area (Å²) in [7, 11) is 3.81. The maximum absolute atomic E-state index is 12.2. The summed E-state index contributed by atoms with van der Waals surface area (Å²) in [5, 5.41) is 11.7. The van der Waals surface area contributed by atoms with Crippen LogP contribution in [0.3, 0.4) is 0 Å². The van der Waals surface area contributed by atoms with Crippen molar-refractivity contribution in [1.82, 2.24) is 5.32 Å². The third-order valence-electron chi connectivity index (χ3n) is 3.24. The molecule has 118 valence electrons. The molecule has 0 aromatic heterocycles. The highest BCUT2D eigenvalue weighted by Gasteiger charge is 2.13. The first-order valence-corrected chi connectivity index (χ1v) is 7.06. The molecule has 0 saturated carbocycles. The number of aliphatic carboxylic acids is 1. The van der Waals surface area contributed by atoms with Crippen LogP contribution in [-0.4, -0.2) is 31.1 Å². The van der Waals surface area contributed by atoms with Crippen LogP contribution in [0.4, 0.5) is 5.69 Å². The van der Waals surface area contributed by atoms with Crippen LogP contribution < -0.4 is 10.2 Å². The maximum Gasteiger partial charge on any atom is 0.352 e. The number of hydrogen-bond acceptors (Lipinski definition) is 3. The molecule has 0 bridgehead atoms. The Kier molecular flexibility index (Phi) is 5.15. The highest BCUT2D eigenvalue weighted by atomic mass is 16.4. The first-order chi connectivity index (χ1) is 11.0. The lowest BCUT2D eigenvalue weighted by Gasteiger charge is -2.12. The average molecular weight is 310 g/mol. The number of amides is 1. The highest BCUT2D eigenvalue weighted by molar-refractivity contribution is 6.02. The summed E-state index contributed by atoms with van der Waals surface area (Å²) in [4.78, 5) is 25.4. The molecular weight excluding hydrogens is 292 g/mol. The van der Waals surface area contributed by atoms with E-state index in [2.05, 4.69) is 5.32 Å². The van der Waals surface area contributed by atoms with Gasteiger partial charge in [-0.05, 0) is 35.9 Å². The maximum atomic E-state index is 12.2. The third kappa shape index (κ3) is 4.44.